The zero-order valence-electron chi connectivity index (χ0n) is 12.0. The summed E-state index contributed by atoms with van der Waals surface area (Å²) in [6.07, 6.45) is 1.19. The molecule has 0 saturated carbocycles. The van der Waals surface area contributed by atoms with Crippen LogP contribution in [0.5, 0.6) is 6.01 Å². The third-order valence-corrected chi connectivity index (χ3v) is 3.16. The van der Waals surface area contributed by atoms with Crippen molar-refractivity contribution in [2.24, 2.45) is 0 Å². The first kappa shape index (κ1) is 15.6. The summed E-state index contributed by atoms with van der Waals surface area (Å²) in [4.78, 5) is 25.4. The molecule has 2 heterocycles. The molecule has 1 aromatic rings. The number of carbonyl (C=O) groups excluding carboxylic acids is 1. The number of aromatic nitrogens is 3. The van der Waals surface area contributed by atoms with Gasteiger partial charge in [-0.2, -0.15) is 15.0 Å². The minimum atomic E-state index is -0.442. The van der Waals surface area contributed by atoms with Gasteiger partial charge in [-0.05, 0) is 24.4 Å². The molecular formula is C12H18ClN5O3. The molecule has 1 aliphatic rings. The molecule has 0 bridgehead atoms. The van der Waals surface area contributed by atoms with E-state index in [1.54, 1.807) is 0 Å². The summed E-state index contributed by atoms with van der Waals surface area (Å²) >= 11 is 5.89. The van der Waals surface area contributed by atoms with Gasteiger partial charge in [-0.15, -0.1) is 0 Å². The Morgan fingerprint density at radius 2 is 2.29 bits per heavy atom. The molecule has 2 rings (SSSR count). The van der Waals surface area contributed by atoms with Gasteiger partial charge in [-0.3, -0.25) is 0 Å². The second-order valence-electron chi connectivity index (χ2n) is 4.60. The van der Waals surface area contributed by atoms with Crippen molar-refractivity contribution in [1.82, 2.24) is 20.3 Å². The van der Waals surface area contributed by atoms with Crippen LogP contribution in [0.1, 0.15) is 19.8 Å². The number of alkyl carbamates (subject to hydrolysis) is 1. The van der Waals surface area contributed by atoms with Crippen LogP contribution >= 0.6 is 11.6 Å². The monoisotopic (exact) mass is 315 g/mol. The van der Waals surface area contributed by atoms with E-state index in [1.807, 2.05) is 11.8 Å². The molecular weight excluding hydrogens is 298 g/mol. The van der Waals surface area contributed by atoms with E-state index in [0.29, 0.717) is 25.6 Å². The molecule has 1 unspecified atom stereocenters. The number of hydrogen-bond donors (Lipinski definition) is 1. The lowest BCUT2D eigenvalue weighted by molar-refractivity contribution is 0.167. The first-order chi connectivity index (χ1) is 10.1. The number of carbonyl (C=O) groups is 1. The van der Waals surface area contributed by atoms with Crippen LogP contribution in [0.2, 0.25) is 5.28 Å². The number of nitrogens with one attached hydrogen (secondary N) is 1. The summed E-state index contributed by atoms with van der Waals surface area (Å²) < 4.78 is 9.97. The maximum atomic E-state index is 11.2. The SMILES string of the molecule is CCCOc1nc(Cl)nc(N2CCC(NC(=O)OC)C2)n1. The van der Waals surface area contributed by atoms with Crippen molar-refractivity contribution >= 4 is 23.6 Å². The topological polar surface area (TPSA) is 89.5 Å². The smallest absolute Gasteiger partial charge is 0.407 e. The van der Waals surface area contributed by atoms with Gasteiger partial charge in [0.1, 0.15) is 0 Å². The minimum absolute atomic E-state index is 0.00648. The molecule has 1 saturated heterocycles. The number of halogens is 1. The fourth-order valence-electron chi connectivity index (χ4n) is 2.01. The van der Waals surface area contributed by atoms with Crippen molar-refractivity contribution in [1.29, 1.82) is 0 Å². The lowest BCUT2D eigenvalue weighted by Crippen LogP contribution is -2.37. The third-order valence-electron chi connectivity index (χ3n) is 2.99. The van der Waals surface area contributed by atoms with E-state index in [0.717, 1.165) is 12.8 Å². The molecule has 0 radical (unpaired) electrons. The normalized spacial score (nSPS) is 17.7. The molecule has 116 valence electrons. The van der Waals surface area contributed by atoms with Crippen LogP contribution in [0, 0.1) is 0 Å². The van der Waals surface area contributed by atoms with Crippen molar-refractivity contribution < 1.29 is 14.3 Å². The summed E-state index contributed by atoms with van der Waals surface area (Å²) in [5, 5.41) is 2.85. The van der Waals surface area contributed by atoms with E-state index in [2.05, 4.69) is 25.0 Å². The highest BCUT2D eigenvalue weighted by molar-refractivity contribution is 6.28. The Kier molecular flexibility index (Phi) is 5.38. The third kappa shape index (κ3) is 4.32. The predicted octanol–water partition coefficient (Wildman–Crippen LogP) is 1.25. The Labute approximate surface area is 127 Å². The largest absolute Gasteiger partial charge is 0.463 e. The predicted molar refractivity (Wildman–Crippen MR) is 76.8 cm³/mol. The van der Waals surface area contributed by atoms with Crippen LogP contribution in [-0.4, -0.2) is 53.9 Å². The number of rotatable bonds is 5. The Bertz CT molecular complexity index is 502. The number of hydrogen-bond acceptors (Lipinski definition) is 7. The number of amides is 1. The zero-order chi connectivity index (χ0) is 15.2. The Morgan fingerprint density at radius 3 is 3.00 bits per heavy atom. The molecule has 1 aromatic heterocycles. The average molecular weight is 316 g/mol. The summed E-state index contributed by atoms with van der Waals surface area (Å²) in [5.74, 6) is 0.454. The van der Waals surface area contributed by atoms with Gasteiger partial charge >= 0.3 is 12.1 Å². The Balaban J connectivity index is 2.01. The van der Waals surface area contributed by atoms with Gasteiger partial charge in [0, 0.05) is 13.1 Å². The fraction of sp³-hybridized carbons (Fsp3) is 0.667. The molecule has 21 heavy (non-hydrogen) atoms. The number of nitrogens with zero attached hydrogens (tertiary/aromatic N) is 4. The highest BCUT2D eigenvalue weighted by Crippen LogP contribution is 2.20. The van der Waals surface area contributed by atoms with Gasteiger partial charge in [0.25, 0.3) is 0 Å². The maximum absolute atomic E-state index is 11.2. The first-order valence-electron chi connectivity index (χ1n) is 6.76. The first-order valence-corrected chi connectivity index (χ1v) is 7.14. The molecule has 1 atom stereocenters. The van der Waals surface area contributed by atoms with E-state index in [4.69, 9.17) is 16.3 Å². The second-order valence-corrected chi connectivity index (χ2v) is 4.94. The molecule has 8 nitrogen and oxygen atoms in total. The van der Waals surface area contributed by atoms with Crippen LogP contribution in [0.3, 0.4) is 0 Å². The van der Waals surface area contributed by atoms with Crippen molar-refractivity contribution in [2.45, 2.75) is 25.8 Å². The quantitative estimate of drug-likeness (QED) is 0.874. The zero-order valence-corrected chi connectivity index (χ0v) is 12.8. The summed E-state index contributed by atoms with van der Waals surface area (Å²) in [7, 11) is 1.34. The van der Waals surface area contributed by atoms with Gasteiger partial charge < -0.3 is 19.7 Å². The van der Waals surface area contributed by atoms with Gasteiger partial charge in [-0.25, -0.2) is 4.79 Å². The van der Waals surface area contributed by atoms with E-state index < -0.39 is 6.09 Å². The number of anilines is 1. The Hall–Kier alpha value is -1.83. The van der Waals surface area contributed by atoms with Gasteiger partial charge in [0.2, 0.25) is 11.2 Å². The van der Waals surface area contributed by atoms with E-state index in [9.17, 15) is 4.79 Å². The van der Waals surface area contributed by atoms with Crippen molar-refractivity contribution in [3.63, 3.8) is 0 Å². The van der Waals surface area contributed by atoms with Gasteiger partial charge in [0.05, 0.1) is 19.8 Å². The maximum Gasteiger partial charge on any atom is 0.407 e. The van der Waals surface area contributed by atoms with Crippen LogP contribution in [0.4, 0.5) is 10.7 Å². The van der Waals surface area contributed by atoms with E-state index >= 15 is 0 Å². The van der Waals surface area contributed by atoms with Crippen LogP contribution in [-0.2, 0) is 4.74 Å². The molecule has 0 aliphatic carbocycles. The fourth-order valence-corrected chi connectivity index (χ4v) is 2.15. The molecule has 9 heteroatoms. The standard InChI is InChI=1S/C12H18ClN5O3/c1-3-6-21-11-16-9(13)15-10(17-11)18-5-4-8(7-18)14-12(19)20-2/h8H,3-7H2,1-2H3,(H,14,19). The molecule has 1 aliphatic heterocycles. The van der Waals surface area contributed by atoms with Crippen LogP contribution in [0.25, 0.3) is 0 Å². The summed E-state index contributed by atoms with van der Waals surface area (Å²) in [5.41, 5.74) is 0. The summed E-state index contributed by atoms with van der Waals surface area (Å²) in [6.45, 7) is 3.81. The minimum Gasteiger partial charge on any atom is -0.463 e. The number of ether oxygens (including phenoxy) is 2. The van der Waals surface area contributed by atoms with Gasteiger partial charge in [-0.1, -0.05) is 6.92 Å². The number of methoxy groups -OCH3 is 1. The molecule has 1 N–H and O–H groups in total. The van der Waals surface area contributed by atoms with Crippen LogP contribution in [0.15, 0.2) is 0 Å². The van der Waals surface area contributed by atoms with E-state index in [1.165, 1.54) is 7.11 Å². The molecule has 0 spiro atoms. The molecule has 0 aromatic carbocycles. The summed E-state index contributed by atoms with van der Waals surface area (Å²) in [6, 6.07) is 0.212. The van der Waals surface area contributed by atoms with E-state index in [-0.39, 0.29) is 17.3 Å². The van der Waals surface area contributed by atoms with Gasteiger partial charge in [0.15, 0.2) is 0 Å². The second kappa shape index (κ2) is 7.26. The lowest BCUT2D eigenvalue weighted by Gasteiger charge is -2.17. The van der Waals surface area contributed by atoms with Crippen molar-refractivity contribution in [2.75, 3.05) is 31.7 Å². The molecule has 1 amide bonds. The Morgan fingerprint density at radius 1 is 1.48 bits per heavy atom. The lowest BCUT2D eigenvalue weighted by atomic mass is 10.3. The highest BCUT2D eigenvalue weighted by atomic mass is 35.5. The highest BCUT2D eigenvalue weighted by Gasteiger charge is 2.26. The van der Waals surface area contributed by atoms with Crippen LogP contribution < -0.4 is 15.0 Å². The van der Waals surface area contributed by atoms with Crippen molar-refractivity contribution in [3.05, 3.63) is 5.28 Å². The average Bonchev–Trinajstić information content (AvgIpc) is 2.93. The molecule has 1 fully saturated rings. The van der Waals surface area contributed by atoms with Crippen molar-refractivity contribution in [3.8, 4) is 6.01 Å².